The quantitative estimate of drug-likeness (QED) is 0.738. The summed E-state index contributed by atoms with van der Waals surface area (Å²) in [7, 11) is 0. The average Bonchev–Trinajstić information content (AvgIpc) is 2.17. The van der Waals surface area contributed by atoms with Crippen molar-refractivity contribution in [2.24, 2.45) is 0 Å². The zero-order valence-electron chi connectivity index (χ0n) is 8.67. The molecule has 78 valence electrons. The topological polar surface area (TPSA) is 29.1 Å². The highest BCUT2D eigenvalue weighted by Gasteiger charge is 2.09. The molecule has 0 saturated carbocycles. The smallest absolute Gasteiger partial charge is 0.300 e. The van der Waals surface area contributed by atoms with Crippen LogP contribution in [0.15, 0.2) is 18.2 Å². The van der Waals surface area contributed by atoms with Crippen molar-refractivity contribution in [1.29, 1.82) is 0 Å². The third kappa shape index (κ3) is 2.81. The molecule has 0 atom stereocenters. The summed E-state index contributed by atoms with van der Waals surface area (Å²) in [6.45, 7) is 3.91. The third-order valence-corrected chi connectivity index (χ3v) is 2.02. The predicted octanol–water partition coefficient (Wildman–Crippen LogP) is 2.52. The number of hydrogen-bond donors (Lipinski definition) is 1. The highest BCUT2D eigenvalue weighted by Crippen LogP contribution is 2.24. The van der Waals surface area contributed by atoms with Gasteiger partial charge in [-0.15, -0.1) is 6.42 Å². The lowest BCUT2D eigenvalue weighted by Gasteiger charge is -2.12. The predicted molar refractivity (Wildman–Crippen MR) is 58.0 cm³/mol. The number of carbonyl (C=O) groups excluding carboxylic acids is 1. The molecular formula is C12H12FNO. The zero-order valence-corrected chi connectivity index (χ0v) is 8.67. The van der Waals surface area contributed by atoms with E-state index in [1.165, 1.54) is 12.1 Å². The van der Waals surface area contributed by atoms with Crippen LogP contribution in [-0.4, -0.2) is 5.91 Å². The Hall–Kier alpha value is -1.82. The van der Waals surface area contributed by atoms with E-state index in [1.807, 2.05) is 19.8 Å². The first-order chi connectivity index (χ1) is 7.04. The molecule has 1 amide bonds. The van der Waals surface area contributed by atoms with Gasteiger partial charge in [0.2, 0.25) is 0 Å². The molecule has 0 spiro atoms. The number of carbonyl (C=O) groups is 1. The zero-order chi connectivity index (χ0) is 11.4. The molecule has 15 heavy (non-hydrogen) atoms. The highest BCUT2D eigenvalue weighted by atomic mass is 19.1. The van der Waals surface area contributed by atoms with Crippen LogP contribution in [0.2, 0.25) is 0 Å². The Balaban J connectivity index is 3.08. The van der Waals surface area contributed by atoms with Crippen molar-refractivity contribution in [3.05, 3.63) is 29.6 Å². The lowest BCUT2D eigenvalue weighted by atomic mass is 10.0. The number of rotatable bonds is 2. The fraction of sp³-hybridized carbons (Fsp3) is 0.250. The third-order valence-electron chi connectivity index (χ3n) is 2.02. The van der Waals surface area contributed by atoms with E-state index in [0.717, 1.165) is 5.56 Å². The molecule has 0 unspecified atom stereocenters. The van der Waals surface area contributed by atoms with Gasteiger partial charge in [0.15, 0.2) is 0 Å². The number of hydrogen-bond acceptors (Lipinski definition) is 1. The van der Waals surface area contributed by atoms with Gasteiger partial charge < -0.3 is 5.32 Å². The maximum atomic E-state index is 13.0. The van der Waals surface area contributed by atoms with E-state index >= 15 is 0 Å². The molecule has 3 heteroatoms. The Morgan fingerprint density at radius 2 is 2.20 bits per heavy atom. The summed E-state index contributed by atoms with van der Waals surface area (Å²) in [6.07, 6.45) is 4.93. The Morgan fingerprint density at radius 3 is 2.73 bits per heavy atom. The van der Waals surface area contributed by atoms with E-state index < -0.39 is 11.7 Å². The molecule has 1 N–H and O–H groups in total. The fourth-order valence-electron chi connectivity index (χ4n) is 1.30. The highest BCUT2D eigenvalue weighted by molar-refractivity contribution is 6.03. The van der Waals surface area contributed by atoms with Crippen molar-refractivity contribution in [3.63, 3.8) is 0 Å². The van der Waals surface area contributed by atoms with Crippen molar-refractivity contribution < 1.29 is 9.18 Å². The standard InChI is InChI=1S/C12H12FNO/c1-4-12(15)14-11-7-9(13)5-6-10(11)8(2)3/h1,5-8H,2-3H3,(H,14,15). The van der Waals surface area contributed by atoms with Crippen LogP contribution in [-0.2, 0) is 4.79 Å². The number of benzene rings is 1. The molecule has 2 nitrogen and oxygen atoms in total. The molecule has 0 aliphatic carbocycles. The second-order valence-electron chi connectivity index (χ2n) is 3.48. The van der Waals surface area contributed by atoms with Crippen molar-refractivity contribution in [2.75, 3.05) is 5.32 Å². The lowest BCUT2D eigenvalue weighted by Crippen LogP contribution is -2.10. The first-order valence-electron chi connectivity index (χ1n) is 4.61. The number of halogens is 1. The van der Waals surface area contributed by atoms with Crippen LogP contribution < -0.4 is 5.32 Å². The minimum Gasteiger partial charge on any atom is -0.315 e. The first-order valence-corrected chi connectivity index (χ1v) is 4.61. The fourth-order valence-corrected chi connectivity index (χ4v) is 1.30. The van der Waals surface area contributed by atoms with Gasteiger partial charge in [-0.2, -0.15) is 0 Å². The van der Waals surface area contributed by atoms with E-state index in [2.05, 4.69) is 5.32 Å². The second kappa shape index (κ2) is 4.61. The molecule has 0 fully saturated rings. The van der Waals surface area contributed by atoms with Gasteiger partial charge in [-0.05, 0) is 29.5 Å². The maximum absolute atomic E-state index is 13.0. The van der Waals surface area contributed by atoms with Crippen molar-refractivity contribution in [3.8, 4) is 12.3 Å². The Labute approximate surface area is 88.5 Å². The Kier molecular flexibility index (Phi) is 3.46. The van der Waals surface area contributed by atoms with Crippen LogP contribution in [0, 0.1) is 18.2 Å². The van der Waals surface area contributed by atoms with Crippen molar-refractivity contribution in [1.82, 2.24) is 0 Å². The molecule has 0 aliphatic rings. The maximum Gasteiger partial charge on any atom is 0.300 e. The van der Waals surface area contributed by atoms with Crippen LogP contribution in [0.25, 0.3) is 0 Å². The summed E-state index contributed by atoms with van der Waals surface area (Å²) in [5.74, 6) is 1.16. The number of terminal acetylenes is 1. The molecule has 0 heterocycles. The second-order valence-corrected chi connectivity index (χ2v) is 3.48. The van der Waals surface area contributed by atoms with Gasteiger partial charge >= 0.3 is 0 Å². The molecule has 1 aromatic carbocycles. The van der Waals surface area contributed by atoms with Crippen LogP contribution in [0.1, 0.15) is 25.3 Å². The number of amides is 1. The normalized spacial score (nSPS) is 9.80. The summed E-state index contributed by atoms with van der Waals surface area (Å²) in [5.41, 5.74) is 1.30. The molecule has 1 aromatic rings. The van der Waals surface area contributed by atoms with Crippen molar-refractivity contribution in [2.45, 2.75) is 19.8 Å². The summed E-state index contributed by atoms with van der Waals surface area (Å²) in [6, 6.07) is 4.28. The SMILES string of the molecule is C#CC(=O)Nc1cc(F)ccc1C(C)C. The number of nitrogens with one attached hydrogen (secondary N) is 1. The van der Waals surface area contributed by atoms with E-state index in [0.29, 0.717) is 5.69 Å². The average molecular weight is 205 g/mol. The van der Waals surface area contributed by atoms with Crippen molar-refractivity contribution >= 4 is 11.6 Å². The van der Waals surface area contributed by atoms with Gasteiger partial charge in [-0.25, -0.2) is 4.39 Å². The summed E-state index contributed by atoms with van der Waals surface area (Å²) < 4.78 is 13.0. The molecule has 1 rings (SSSR count). The molecule has 0 radical (unpaired) electrons. The van der Waals surface area contributed by atoms with Crippen LogP contribution in [0.5, 0.6) is 0 Å². The molecular weight excluding hydrogens is 193 g/mol. The van der Waals surface area contributed by atoms with E-state index in [9.17, 15) is 9.18 Å². The molecule has 0 aliphatic heterocycles. The summed E-state index contributed by atoms with van der Waals surface area (Å²) >= 11 is 0. The minimum atomic E-state index is -0.567. The van der Waals surface area contributed by atoms with E-state index in [-0.39, 0.29) is 5.92 Å². The molecule has 0 saturated heterocycles. The van der Waals surface area contributed by atoms with Gasteiger partial charge in [0.1, 0.15) is 5.82 Å². The molecule has 0 aromatic heterocycles. The van der Waals surface area contributed by atoms with Gasteiger partial charge in [-0.1, -0.05) is 19.9 Å². The van der Waals surface area contributed by atoms with Gasteiger partial charge in [-0.3, -0.25) is 4.79 Å². The van der Waals surface area contributed by atoms with E-state index in [4.69, 9.17) is 6.42 Å². The van der Waals surface area contributed by atoms with Gasteiger partial charge in [0.05, 0.1) is 0 Å². The lowest BCUT2D eigenvalue weighted by molar-refractivity contribution is -0.111. The largest absolute Gasteiger partial charge is 0.315 e. The van der Waals surface area contributed by atoms with Crippen LogP contribution >= 0.6 is 0 Å². The Morgan fingerprint density at radius 1 is 1.53 bits per heavy atom. The minimum absolute atomic E-state index is 0.193. The first kappa shape index (κ1) is 11.3. The van der Waals surface area contributed by atoms with Crippen LogP contribution in [0.4, 0.5) is 10.1 Å². The monoisotopic (exact) mass is 205 g/mol. The van der Waals surface area contributed by atoms with Gasteiger partial charge in [0, 0.05) is 5.69 Å². The molecule has 0 bridgehead atoms. The summed E-state index contributed by atoms with van der Waals surface area (Å²) in [4.78, 5) is 11.0. The summed E-state index contributed by atoms with van der Waals surface area (Å²) in [5, 5.41) is 2.47. The van der Waals surface area contributed by atoms with Gasteiger partial charge in [0.25, 0.3) is 5.91 Å². The van der Waals surface area contributed by atoms with E-state index in [1.54, 1.807) is 6.07 Å². The van der Waals surface area contributed by atoms with Crippen LogP contribution in [0.3, 0.4) is 0 Å². The Bertz CT molecular complexity index is 418. The number of anilines is 1.